The van der Waals surface area contributed by atoms with E-state index >= 15 is 0 Å². The molecule has 0 aromatic heterocycles. The molecule has 0 saturated heterocycles. The van der Waals surface area contributed by atoms with Crippen molar-refractivity contribution < 1.29 is 9.53 Å². The van der Waals surface area contributed by atoms with E-state index in [-0.39, 0.29) is 5.97 Å². The van der Waals surface area contributed by atoms with Crippen LogP contribution in [0.15, 0.2) is 12.2 Å². The van der Waals surface area contributed by atoms with Gasteiger partial charge in [-0.25, -0.2) is 4.79 Å². The maximum absolute atomic E-state index is 11.1. The number of carbonyl (C=O) groups is 1. The van der Waals surface area contributed by atoms with Gasteiger partial charge in [0.15, 0.2) is 0 Å². The zero-order chi connectivity index (χ0) is 13.1. The van der Waals surface area contributed by atoms with Gasteiger partial charge in [-0.2, -0.15) is 0 Å². The van der Waals surface area contributed by atoms with E-state index in [2.05, 4.69) is 20.4 Å². The average Bonchev–Trinajstić information content (AvgIpc) is 2.27. The second-order valence-corrected chi connectivity index (χ2v) is 5.01. The Balaban J connectivity index is 3.24. The molecule has 1 atom stereocenters. The van der Waals surface area contributed by atoms with E-state index in [1.807, 2.05) is 0 Å². The molecule has 2 nitrogen and oxygen atoms in total. The molecule has 0 heterocycles. The Hall–Kier alpha value is -0.790. The summed E-state index contributed by atoms with van der Waals surface area (Å²) in [6, 6.07) is 0. The van der Waals surface area contributed by atoms with Crippen LogP contribution in [0.2, 0.25) is 0 Å². The van der Waals surface area contributed by atoms with Crippen molar-refractivity contribution in [2.75, 3.05) is 6.61 Å². The molecule has 0 radical (unpaired) electrons. The van der Waals surface area contributed by atoms with Crippen molar-refractivity contribution in [3.8, 4) is 0 Å². The molecule has 0 aliphatic heterocycles. The summed E-state index contributed by atoms with van der Waals surface area (Å²) in [7, 11) is 0. The van der Waals surface area contributed by atoms with Crippen LogP contribution in [0.4, 0.5) is 0 Å². The lowest BCUT2D eigenvalue weighted by molar-refractivity contribution is -0.139. The van der Waals surface area contributed by atoms with E-state index in [0.29, 0.717) is 12.2 Å². The molecular weight excluding hydrogens is 212 g/mol. The van der Waals surface area contributed by atoms with E-state index in [1.54, 1.807) is 6.92 Å². The summed E-state index contributed by atoms with van der Waals surface area (Å²) in [5.41, 5.74) is 0.485. The van der Waals surface area contributed by atoms with Gasteiger partial charge in [-0.1, -0.05) is 59.0 Å². The summed E-state index contributed by atoms with van der Waals surface area (Å²) in [4.78, 5) is 11.1. The van der Waals surface area contributed by atoms with Gasteiger partial charge in [0, 0.05) is 5.57 Å². The molecule has 0 aliphatic carbocycles. The van der Waals surface area contributed by atoms with Crippen LogP contribution in [0.3, 0.4) is 0 Å². The van der Waals surface area contributed by atoms with Crippen molar-refractivity contribution in [3.05, 3.63) is 12.2 Å². The van der Waals surface area contributed by atoms with Crippen LogP contribution in [-0.4, -0.2) is 12.6 Å². The van der Waals surface area contributed by atoms with Crippen LogP contribution in [0.1, 0.15) is 65.7 Å². The number of hydrogen-bond acceptors (Lipinski definition) is 2. The quantitative estimate of drug-likeness (QED) is 0.319. The fourth-order valence-corrected chi connectivity index (χ4v) is 1.87. The van der Waals surface area contributed by atoms with Crippen LogP contribution in [0.25, 0.3) is 0 Å². The van der Waals surface area contributed by atoms with E-state index in [0.717, 1.165) is 18.8 Å². The zero-order valence-electron chi connectivity index (χ0n) is 11.8. The predicted molar refractivity (Wildman–Crippen MR) is 72.9 cm³/mol. The van der Waals surface area contributed by atoms with Gasteiger partial charge in [0.25, 0.3) is 0 Å². The highest BCUT2D eigenvalue weighted by atomic mass is 16.5. The maximum atomic E-state index is 11.1. The van der Waals surface area contributed by atoms with Crippen LogP contribution in [0, 0.1) is 5.92 Å². The summed E-state index contributed by atoms with van der Waals surface area (Å²) in [6.07, 6.45) is 8.64. The van der Waals surface area contributed by atoms with Gasteiger partial charge in [0.05, 0.1) is 6.61 Å². The lowest BCUT2D eigenvalue weighted by Gasteiger charge is -2.09. The van der Waals surface area contributed by atoms with Crippen molar-refractivity contribution in [1.82, 2.24) is 0 Å². The first-order valence-electron chi connectivity index (χ1n) is 6.90. The minimum absolute atomic E-state index is 0.262. The van der Waals surface area contributed by atoms with Crippen LogP contribution in [-0.2, 0) is 9.53 Å². The molecule has 0 fully saturated rings. The van der Waals surface area contributed by atoms with Gasteiger partial charge in [-0.3, -0.25) is 0 Å². The predicted octanol–water partition coefficient (Wildman–Crippen LogP) is 4.49. The van der Waals surface area contributed by atoms with Crippen molar-refractivity contribution in [2.45, 2.75) is 65.7 Å². The number of esters is 1. The zero-order valence-corrected chi connectivity index (χ0v) is 11.8. The minimum atomic E-state index is -0.262. The molecule has 2 heteroatoms. The number of hydrogen-bond donors (Lipinski definition) is 0. The summed E-state index contributed by atoms with van der Waals surface area (Å²) < 4.78 is 5.03. The van der Waals surface area contributed by atoms with E-state index < -0.39 is 0 Å². The standard InChI is InChI=1S/C15H28O2/c1-5-10-14(4)11-8-6-7-9-12-17-15(16)13(2)3/h14H,2,5-12H2,1,3-4H3. The molecule has 0 N–H and O–H groups in total. The summed E-state index contributed by atoms with van der Waals surface area (Å²) in [5.74, 6) is 0.600. The summed E-state index contributed by atoms with van der Waals surface area (Å²) in [5, 5.41) is 0. The van der Waals surface area contributed by atoms with Gasteiger partial charge in [0.1, 0.15) is 0 Å². The first-order valence-corrected chi connectivity index (χ1v) is 6.90. The van der Waals surface area contributed by atoms with Gasteiger partial charge in [0.2, 0.25) is 0 Å². The molecule has 0 saturated carbocycles. The average molecular weight is 240 g/mol. The third-order valence-corrected chi connectivity index (χ3v) is 2.95. The third-order valence-electron chi connectivity index (χ3n) is 2.95. The topological polar surface area (TPSA) is 26.3 Å². The molecule has 0 aromatic rings. The highest BCUT2D eigenvalue weighted by molar-refractivity contribution is 5.86. The molecule has 0 rings (SSSR count). The molecule has 0 amide bonds. The Morgan fingerprint density at radius 3 is 2.41 bits per heavy atom. The molecule has 0 bridgehead atoms. The Morgan fingerprint density at radius 2 is 1.82 bits per heavy atom. The molecule has 100 valence electrons. The van der Waals surface area contributed by atoms with Gasteiger partial charge in [-0.05, 0) is 19.3 Å². The Kier molecular flexibility index (Phi) is 9.89. The SMILES string of the molecule is C=C(C)C(=O)OCCCCCCC(C)CCC. The fourth-order valence-electron chi connectivity index (χ4n) is 1.87. The lowest BCUT2D eigenvalue weighted by Crippen LogP contribution is -2.06. The highest BCUT2D eigenvalue weighted by Gasteiger charge is 2.02. The summed E-state index contributed by atoms with van der Waals surface area (Å²) >= 11 is 0. The number of rotatable bonds is 10. The van der Waals surface area contributed by atoms with E-state index in [4.69, 9.17) is 4.74 Å². The normalized spacial score (nSPS) is 12.2. The molecule has 1 unspecified atom stereocenters. The lowest BCUT2D eigenvalue weighted by atomic mass is 9.98. The van der Waals surface area contributed by atoms with Crippen molar-refractivity contribution in [1.29, 1.82) is 0 Å². The second kappa shape index (κ2) is 10.4. The van der Waals surface area contributed by atoms with E-state index in [1.165, 1.54) is 32.1 Å². The monoisotopic (exact) mass is 240 g/mol. The second-order valence-electron chi connectivity index (χ2n) is 5.01. The largest absolute Gasteiger partial charge is 0.462 e. The molecular formula is C15H28O2. The van der Waals surface area contributed by atoms with Gasteiger partial charge in [-0.15, -0.1) is 0 Å². The number of carbonyl (C=O) groups excluding carboxylic acids is 1. The van der Waals surface area contributed by atoms with E-state index in [9.17, 15) is 4.79 Å². The van der Waals surface area contributed by atoms with Crippen molar-refractivity contribution >= 4 is 5.97 Å². The maximum Gasteiger partial charge on any atom is 0.333 e. The first kappa shape index (κ1) is 16.2. The van der Waals surface area contributed by atoms with Crippen LogP contribution >= 0.6 is 0 Å². The molecule has 0 aromatic carbocycles. The van der Waals surface area contributed by atoms with Crippen molar-refractivity contribution in [2.24, 2.45) is 5.92 Å². The van der Waals surface area contributed by atoms with Crippen LogP contribution in [0.5, 0.6) is 0 Å². The smallest absolute Gasteiger partial charge is 0.333 e. The molecule has 0 spiro atoms. The fraction of sp³-hybridized carbons (Fsp3) is 0.800. The number of unbranched alkanes of at least 4 members (excludes halogenated alkanes) is 3. The molecule has 0 aliphatic rings. The summed E-state index contributed by atoms with van der Waals surface area (Å²) in [6.45, 7) is 10.3. The first-order chi connectivity index (χ1) is 8.07. The minimum Gasteiger partial charge on any atom is -0.462 e. The highest BCUT2D eigenvalue weighted by Crippen LogP contribution is 2.15. The Labute approximate surface area is 106 Å². The van der Waals surface area contributed by atoms with Crippen LogP contribution < -0.4 is 0 Å². The van der Waals surface area contributed by atoms with Gasteiger partial charge < -0.3 is 4.74 Å². The third kappa shape index (κ3) is 10.1. The van der Waals surface area contributed by atoms with Crippen molar-refractivity contribution in [3.63, 3.8) is 0 Å². The van der Waals surface area contributed by atoms with Gasteiger partial charge >= 0.3 is 5.97 Å². The Bertz CT molecular complexity index is 221. The number of ether oxygens (including phenoxy) is 1. The molecule has 17 heavy (non-hydrogen) atoms. The Morgan fingerprint density at radius 1 is 1.18 bits per heavy atom.